The third-order valence-electron chi connectivity index (χ3n) is 5.35. The summed E-state index contributed by atoms with van der Waals surface area (Å²) in [6.07, 6.45) is 0. The van der Waals surface area contributed by atoms with E-state index in [0.717, 1.165) is 27.9 Å². The molecule has 2 aromatic rings. The molecule has 0 radical (unpaired) electrons. The third kappa shape index (κ3) is 4.16. The monoisotopic (exact) mass is 326 g/mol. The Hall–Kier alpha value is -1.84. The molecular formula is C21H30N2O+2. The van der Waals surface area contributed by atoms with Gasteiger partial charge in [0, 0.05) is 5.56 Å². The van der Waals surface area contributed by atoms with Crippen LogP contribution in [-0.4, -0.2) is 69.4 Å². The van der Waals surface area contributed by atoms with Crippen molar-refractivity contribution in [2.24, 2.45) is 0 Å². The van der Waals surface area contributed by atoms with Gasteiger partial charge < -0.3 is 13.7 Å². The highest BCUT2D eigenvalue weighted by Crippen LogP contribution is 2.29. The molecule has 0 atom stereocenters. The molecule has 1 fully saturated rings. The zero-order valence-corrected chi connectivity index (χ0v) is 15.2. The Morgan fingerprint density at radius 1 is 0.792 bits per heavy atom. The lowest BCUT2D eigenvalue weighted by atomic mass is 10.1. The van der Waals surface area contributed by atoms with E-state index < -0.39 is 0 Å². The molecule has 1 aliphatic rings. The van der Waals surface area contributed by atoms with Crippen LogP contribution in [0.2, 0.25) is 0 Å². The minimum atomic E-state index is 0.772. The van der Waals surface area contributed by atoms with Gasteiger partial charge in [0.15, 0.2) is 0 Å². The van der Waals surface area contributed by atoms with Gasteiger partial charge in [0.2, 0.25) is 0 Å². The quantitative estimate of drug-likeness (QED) is 0.766. The Balaban J connectivity index is 1.62. The van der Waals surface area contributed by atoms with Gasteiger partial charge in [0.1, 0.15) is 45.1 Å². The van der Waals surface area contributed by atoms with Crippen LogP contribution in [0, 0.1) is 0 Å². The van der Waals surface area contributed by atoms with E-state index in [1.807, 2.05) is 6.07 Å². The van der Waals surface area contributed by atoms with Gasteiger partial charge in [-0.2, -0.15) is 0 Å². The van der Waals surface area contributed by atoms with Crippen LogP contribution in [0.5, 0.6) is 5.75 Å². The van der Waals surface area contributed by atoms with Crippen molar-refractivity contribution in [1.82, 2.24) is 0 Å². The number of benzene rings is 2. The first-order valence-corrected chi connectivity index (χ1v) is 8.90. The lowest BCUT2D eigenvalue weighted by Crippen LogP contribution is -2.63. The van der Waals surface area contributed by atoms with Gasteiger partial charge in [0.05, 0.1) is 21.1 Å². The Morgan fingerprint density at radius 3 is 2.12 bits per heavy atom. The molecule has 2 aromatic carbocycles. The summed E-state index contributed by atoms with van der Waals surface area (Å²) >= 11 is 0. The number of nitrogens with zero attached hydrogens (tertiary/aromatic N) is 2. The van der Waals surface area contributed by atoms with E-state index in [1.54, 1.807) is 0 Å². The van der Waals surface area contributed by atoms with Gasteiger partial charge in [-0.25, -0.2) is 0 Å². The summed E-state index contributed by atoms with van der Waals surface area (Å²) in [5, 5.41) is 0. The highest BCUT2D eigenvalue weighted by atomic mass is 16.5. The Labute approximate surface area is 146 Å². The second-order valence-corrected chi connectivity index (χ2v) is 7.88. The van der Waals surface area contributed by atoms with E-state index in [2.05, 4.69) is 69.7 Å². The van der Waals surface area contributed by atoms with Gasteiger partial charge in [-0.1, -0.05) is 48.5 Å². The number of ether oxygens (including phenoxy) is 1. The molecule has 0 saturated carbocycles. The summed E-state index contributed by atoms with van der Waals surface area (Å²) in [4.78, 5) is 0. The molecule has 24 heavy (non-hydrogen) atoms. The van der Waals surface area contributed by atoms with Crippen LogP contribution in [0.25, 0.3) is 11.1 Å². The number of hydrogen-bond donors (Lipinski definition) is 0. The fourth-order valence-electron chi connectivity index (χ4n) is 3.30. The van der Waals surface area contributed by atoms with Crippen molar-refractivity contribution in [1.29, 1.82) is 0 Å². The molecular weight excluding hydrogens is 296 g/mol. The zero-order chi connectivity index (χ0) is 17.0. The molecule has 1 aliphatic heterocycles. The smallest absolute Gasteiger partial charge is 0.137 e. The molecule has 0 amide bonds. The average Bonchev–Trinajstić information content (AvgIpc) is 2.59. The minimum Gasteiger partial charge on any atom is -0.487 e. The van der Waals surface area contributed by atoms with Crippen LogP contribution in [-0.2, 0) is 0 Å². The van der Waals surface area contributed by atoms with Crippen LogP contribution in [0.1, 0.15) is 0 Å². The molecule has 0 aromatic heterocycles. The maximum absolute atomic E-state index is 6.19. The number of rotatable bonds is 5. The SMILES string of the molecule is C[N+]1(C)CC[N+](C)(CCOc2ccccc2-c2ccccc2)CC1. The summed E-state index contributed by atoms with van der Waals surface area (Å²) < 4.78 is 8.46. The number of piperazine rings is 1. The molecule has 0 bridgehead atoms. The Bertz CT molecular complexity index is 657. The van der Waals surface area contributed by atoms with E-state index in [0.29, 0.717) is 0 Å². The van der Waals surface area contributed by atoms with Crippen molar-refractivity contribution < 1.29 is 13.7 Å². The van der Waals surface area contributed by atoms with E-state index in [1.165, 1.54) is 37.3 Å². The van der Waals surface area contributed by atoms with Crippen LogP contribution in [0.3, 0.4) is 0 Å². The van der Waals surface area contributed by atoms with Crippen LogP contribution >= 0.6 is 0 Å². The molecule has 1 saturated heterocycles. The third-order valence-corrected chi connectivity index (χ3v) is 5.35. The second kappa shape index (κ2) is 6.96. The van der Waals surface area contributed by atoms with Crippen molar-refractivity contribution in [2.75, 3.05) is 60.5 Å². The maximum Gasteiger partial charge on any atom is 0.137 e. The zero-order valence-electron chi connectivity index (χ0n) is 15.2. The van der Waals surface area contributed by atoms with E-state index >= 15 is 0 Å². The summed E-state index contributed by atoms with van der Waals surface area (Å²) in [5.74, 6) is 0.989. The van der Waals surface area contributed by atoms with Crippen molar-refractivity contribution in [3.63, 3.8) is 0 Å². The van der Waals surface area contributed by atoms with Gasteiger partial charge in [-0.05, 0) is 11.6 Å². The number of quaternary nitrogens is 2. The molecule has 0 spiro atoms. The molecule has 3 nitrogen and oxygen atoms in total. The van der Waals surface area contributed by atoms with E-state index in [-0.39, 0.29) is 0 Å². The average molecular weight is 326 g/mol. The molecule has 0 aliphatic carbocycles. The topological polar surface area (TPSA) is 9.23 Å². The largest absolute Gasteiger partial charge is 0.487 e. The molecule has 0 N–H and O–H groups in total. The number of likely N-dealkylation sites (N-methyl/N-ethyl adjacent to an activating group) is 2. The van der Waals surface area contributed by atoms with Crippen molar-refractivity contribution in [2.45, 2.75) is 0 Å². The van der Waals surface area contributed by atoms with Crippen molar-refractivity contribution in [3.8, 4) is 16.9 Å². The first-order valence-electron chi connectivity index (χ1n) is 8.90. The van der Waals surface area contributed by atoms with E-state index in [4.69, 9.17) is 4.74 Å². The first-order chi connectivity index (χ1) is 11.5. The summed E-state index contributed by atoms with van der Waals surface area (Å²) in [6.45, 7) is 6.80. The normalized spacial score (nSPS) is 19.0. The lowest BCUT2D eigenvalue weighted by Gasteiger charge is -2.44. The van der Waals surface area contributed by atoms with Crippen LogP contribution in [0.4, 0.5) is 0 Å². The fraction of sp³-hybridized carbons (Fsp3) is 0.429. The molecule has 3 rings (SSSR count). The van der Waals surface area contributed by atoms with Gasteiger partial charge in [-0.15, -0.1) is 0 Å². The standard InChI is InChI=1S/C21H30N2O/c1-22(2)13-15-23(3,16-14-22)17-18-24-21-12-8-7-11-20(21)19-9-5-4-6-10-19/h4-12H,13-18H2,1-3H3/q+2. The first kappa shape index (κ1) is 17.0. The number of hydrogen-bond acceptors (Lipinski definition) is 1. The van der Waals surface area contributed by atoms with Gasteiger partial charge >= 0.3 is 0 Å². The maximum atomic E-state index is 6.19. The van der Waals surface area contributed by atoms with Crippen LogP contribution < -0.4 is 4.74 Å². The summed E-state index contributed by atoms with van der Waals surface area (Å²) in [6, 6.07) is 18.8. The predicted octanol–water partition coefficient (Wildman–Crippen LogP) is 3.27. The molecule has 1 heterocycles. The summed E-state index contributed by atoms with van der Waals surface area (Å²) in [7, 11) is 7.03. The molecule has 0 unspecified atom stereocenters. The molecule has 128 valence electrons. The Morgan fingerprint density at radius 2 is 1.42 bits per heavy atom. The lowest BCUT2D eigenvalue weighted by molar-refractivity contribution is -1.01. The second-order valence-electron chi connectivity index (χ2n) is 7.88. The van der Waals surface area contributed by atoms with Gasteiger partial charge in [-0.3, -0.25) is 0 Å². The van der Waals surface area contributed by atoms with Crippen molar-refractivity contribution >= 4 is 0 Å². The number of para-hydroxylation sites is 1. The minimum absolute atomic E-state index is 0.772. The fourth-order valence-corrected chi connectivity index (χ4v) is 3.30. The summed E-state index contributed by atoms with van der Waals surface area (Å²) in [5.41, 5.74) is 2.39. The van der Waals surface area contributed by atoms with Crippen molar-refractivity contribution in [3.05, 3.63) is 54.6 Å². The Kier molecular flexibility index (Phi) is 4.93. The van der Waals surface area contributed by atoms with Gasteiger partial charge in [0.25, 0.3) is 0 Å². The highest BCUT2D eigenvalue weighted by Gasteiger charge is 2.34. The molecule has 3 heteroatoms. The van der Waals surface area contributed by atoms with E-state index in [9.17, 15) is 0 Å². The van der Waals surface area contributed by atoms with Crippen LogP contribution in [0.15, 0.2) is 54.6 Å². The predicted molar refractivity (Wildman–Crippen MR) is 100 cm³/mol. The highest BCUT2D eigenvalue weighted by molar-refractivity contribution is 5.70.